The number of hydrogen-bond acceptors (Lipinski definition) is 4. The van der Waals surface area contributed by atoms with Crippen molar-refractivity contribution in [1.29, 1.82) is 0 Å². The molecule has 1 aliphatic heterocycles. The van der Waals surface area contributed by atoms with Gasteiger partial charge in [-0.25, -0.2) is 8.42 Å². The molecule has 0 aromatic heterocycles. The second kappa shape index (κ2) is 6.24. The third-order valence-electron chi connectivity index (χ3n) is 5.28. The van der Waals surface area contributed by atoms with Crippen LogP contribution in [0.2, 0.25) is 0 Å². The van der Waals surface area contributed by atoms with Crippen molar-refractivity contribution in [3.05, 3.63) is 0 Å². The molecule has 0 radical (unpaired) electrons. The van der Waals surface area contributed by atoms with Crippen LogP contribution in [-0.2, 0) is 19.6 Å². The van der Waals surface area contributed by atoms with Crippen molar-refractivity contribution in [2.75, 3.05) is 12.4 Å². The molecule has 1 amide bonds. The zero-order valence-electron chi connectivity index (χ0n) is 12.4. The molecular formula is C15H25NO4S. The van der Waals surface area contributed by atoms with Crippen molar-refractivity contribution in [1.82, 2.24) is 4.72 Å². The molecule has 0 spiro atoms. The number of hydrogen-bond donors (Lipinski definition) is 1. The maximum absolute atomic E-state index is 12.0. The Labute approximate surface area is 126 Å². The fourth-order valence-electron chi connectivity index (χ4n) is 4.30. The van der Waals surface area contributed by atoms with E-state index in [9.17, 15) is 13.2 Å². The Morgan fingerprint density at radius 1 is 1.14 bits per heavy atom. The Kier molecular flexibility index (Phi) is 4.54. The van der Waals surface area contributed by atoms with Crippen molar-refractivity contribution in [3.63, 3.8) is 0 Å². The summed E-state index contributed by atoms with van der Waals surface area (Å²) in [6, 6.07) is 0. The molecule has 3 rings (SSSR count). The van der Waals surface area contributed by atoms with E-state index in [4.69, 9.17) is 4.74 Å². The minimum atomic E-state index is -3.56. The van der Waals surface area contributed by atoms with Crippen molar-refractivity contribution < 1.29 is 17.9 Å². The van der Waals surface area contributed by atoms with Gasteiger partial charge in [-0.1, -0.05) is 6.42 Å². The summed E-state index contributed by atoms with van der Waals surface area (Å²) in [4.78, 5) is 12.0. The summed E-state index contributed by atoms with van der Waals surface area (Å²) in [5.74, 6) is 1.40. The summed E-state index contributed by atoms with van der Waals surface area (Å²) in [6.07, 6.45) is 7.71. The molecule has 2 aliphatic carbocycles. The SMILES string of the molecule is O=C(C[C@H]1C[C@H]2CC[C@H]1C2)NS(=O)(=O)C[C@H]1CCCCO1. The van der Waals surface area contributed by atoms with Gasteiger partial charge >= 0.3 is 0 Å². The van der Waals surface area contributed by atoms with Crippen LogP contribution < -0.4 is 4.72 Å². The number of carbonyl (C=O) groups is 1. The van der Waals surface area contributed by atoms with Gasteiger partial charge in [0.05, 0.1) is 11.9 Å². The predicted molar refractivity (Wildman–Crippen MR) is 79.1 cm³/mol. The smallest absolute Gasteiger partial charge is 0.237 e. The maximum atomic E-state index is 12.0. The number of amides is 1. The summed E-state index contributed by atoms with van der Waals surface area (Å²) in [7, 11) is -3.56. The monoisotopic (exact) mass is 315 g/mol. The number of sulfonamides is 1. The van der Waals surface area contributed by atoms with Crippen molar-refractivity contribution in [2.24, 2.45) is 17.8 Å². The van der Waals surface area contributed by atoms with Gasteiger partial charge in [-0.3, -0.25) is 9.52 Å². The Hall–Kier alpha value is -0.620. The molecule has 6 heteroatoms. The standard InChI is InChI=1S/C15H25NO4S/c17-15(9-13-8-11-4-5-12(13)7-11)16-21(18,19)10-14-3-1-2-6-20-14/h11-14H,1-10H2,(H,16,17)/t11-,12-,13+,14+/m0/s1. The fraction of sp³-hybridized carbons (Fsp3) is 0.933. The van der Waals surface area contributed by atoms with E-state index in [1.165, 1.54) is 19.3 Å². The highest BCUT2D eigenvalue weighted by atomic mass is 32.2. The van der Waals surface area contributed by atoms with Crippen LogP contribution in [0.25, 0.3) is 0 Å². The zero-order valence-corrected chi connectivity index (χ0v) is 13.2. The van der Waals surface area contributed by atoms with Gasteiger partial charge in [-0.05, 0) is 56.3 Å². The lowest BCUT2D eigenvalue weighted by molar-refractivity contribution is -0.120. The Bertz CT molecular complexity index is 484. The quantitative estimate of drug-likeness (QED) is 0.840. The van der Waals surface area contributed by atoms with Crippen molar-refractivity contribution >= 4 is 15.9 Å². The highest BCUT2D eigenvalue weighted by Crippen LogP contribution is 2.49. The molecular weight excluding hydrogens is 290 g/mol. The van der Waals surface area contributed by atoms with Gasteiger partial charge in [0, 0.05) is 13.0 Å². The molecule has 5 nitrogen and oxygen atoms in total. The van der Waals surface area contributed by atoms with E-state index in [0.29, 0.717) is 24.9 Å². The molecule has 1 N–H and O–H groups in total. The third kappa shape index (κ3) is 3.97. The van der Waals surface area contributed by atoms with E-state index >= 15 is 0 Å². The van der Waals surface area contributed by atoms with E-state index in [0.717, 1.165) is 31.6 Å². The molecule has 1 saturated heterocycles. The molecule has 3 aliphatic rings. The number of rotatable bonds is 5. The molecule has 0 unspecified atom stereocenters. The number of ether oxygens (including phenoxy) is 1. The van der Waals surface area contributed by atoms with E-state index in [-0.39, 0.29) is 17.8 Å². The van der Waals surface area contributed by atoms with Crippen LogP contribution in [0.3, 0.4) is 0 Å². The Balaban J connectivity index is 1.46. The highest BCUT2D eigenvalue weighted by Gasteiger charge is 2.40. The van der Waals surface area contributed by atoms with Gasteiger partial charge in [0.15, 0.2) is 0 Å². The van der Waals surface area contributed by atoms with E-state index in [1.54, 1.807) is 0 Å². The maximum Gasteiger partial charge on any atom is 0.237 e. The van der Waals surface area contributed by atoms with Gasteiger partial charge < -0.3 is 4.74 Å². The van der Waals surface area contributed by atoms with Crippen LogP contribution >= 0.6 is 0 Å². The van der Waals surface area contributed by atoms with Crippen LogP contribution in [0.4, 0.5) is 0 Å². The minimum Gasteiger partial charge on any atom is -0.377 e. The average molecular weight is 315 g/mol. The lowest BCUT2D eigenvalue weighted by Crippen LogP contribution is -2.39. The topological polar surface area (TPSA) is 72.5 Å². The summed E-state index contributed by atoms with van der Waals surface area (Å²) in [5, 5.41) is 0. The number of carbonyl (C=O) groups excluding carboxylic acids is 1. The molecule has 120 valence electrons. The molecule has 2 bridgehead atoms. The summed E-state index contributed by atoms with van der Waals surface area (Å²) >= 11 is 0. The van der Waals surface area contributed by atoms with Crippen LogP contribution in [0.1, 0.15) is 51.4 Å². The highest BCUT2D eigenvalue weighted by molar-refractivity contribution is 7.90. The first-order chi connectivity index (χ1) is 10.0. The summed E-state index contributed by atoms with van der Waals surface area (Å²) in [6.45, 7) is 0.624. The average Bonchev–Trinajstić information content (AvgIpc) is 3.00. The van der Waals surface area contributed by atoms with Crippen molar-refractivity contribution in [2.45, 2.75) is 57.5 Å². The van der Waals surface area contributed by atoms with Gasteiger partial charge in [0.1, 0.15) is 0 Å². The van der Waals surface area contributed by atoms with E-state index in [2.05, 4.69) is 4.72 Å². The molecule has 0 aromatic carbocycles. The first-order valence-electron chi connectivity index (χ1n) is 8.17. The summed E-state index contributed by atoms with van der Waals surface area (Å²) < 4.78 is 31.7. The first kappa shape index (κ1) is 15.3. The summed E-state index contributed by atoms with van der Waals surface area (Å²) in [5.41, 5.74) is 0. The predicted octanol–water partition coefficient (Wildman–Crippen LogP) is 1.83. The van der Waals surface area contributed by atoms with E-state index < -0.39 is 10.0 Å². The normalized spacial score (nSPS) is 35.8. The Morgan fingerprint density at radius 2 is 2.00 bits per heavy atom. The van der Waals surface area contributed by atoms with Gasteiger partial charge in [-0.2, -0.15) is 0 Å². The second-order valence-corrected chi connectivity index (χ2v) is 8.70. The molecule has 21 heavy (non-hydrogen) atoms. The lowest BCUT2D eigenvalue weighted by atomic mass is 9.86. The molecule has 1 heterocycles. The molecule has 2 saturated carbocycles. The minimum absolute atomic E-state index is 0.0878. The van der Waals surface area contributed by atoms with Crippen LogP contribution in [0.5, 0.6) is 0 Å². The van der Waals surface area contributed by atoms with Crippen LogP contribution in [0, 0.1) is 17.8 Å². The van der Waals surface area contributed by atoms with E-state index in [1.807, 2.05) is 0 Å². The first-order valence-corrected chi connectivity index (χ1v) is 9.82. The second-order valence-electron chi connectivity index (χ2n) is 6.93. The molecule has 4 atom stereocenters. The van der Waals surface area contributed by atoms with Gasteiger partial charge in [-0.15, -0.1) is 0 Å². The fourth-order valence-corrected chi connectivity index (χ4v) is 5.57. The molecule has 3 fully saturated rings. The number of nitrogens with one attached hydrogen (secondary N) is 1. The lowest BCUT2D eigenvalue weighted by Gasteiger charge is -2.23. The Morgan fingerprint density at radius 3 is 2.62 bits per heavy atom. The van der Waals surface area contributed by atoms with Crippen molar-refractivity contribution in [3.8, 4) is 0 Å². The third-order valence-corrected chi connectivity index (χ3v) is 6.63. The van der Waals surface area contributed by atoms with Crippen LogP contribution in [0.15, 0.2) is 0 Å². The number of fused-ring (bicyclic) bond motifs is 2. The van der Waals surface area contributed by atoms with Gasteiger partial charge in [0.25, 0.3) is 0 Å². The van der Waals surface area contributed by atoms with Crippen LogP contribution in [-0.4, -0.2) is 32.8 Å². The zero-order chi connectivity index (χ0) is 14.9. The van der Waals surface area contributed by atoms with Gasteiger partial charge in [0.2, 0.25) is 15.9 Å². The largest absolute Gasteiger partial charge is 0.377 e. The molecule has 0 aromatic rings.